The van der Waals surface area contributed by atoms with Crippen LogP contribution in [0, 0.1) is 20.8 Å². The second-order valence-corrected chi connectivity index (χ2v) is 5.40. The van der Waals surface area contributed by atoms with Crippen molar-refractivity contribution in [1.29, 1.82) is 0 Å². The van der Waals surface area contributed by atoms with Gasteiger partial charge in [0.15, 0.2) is 0 Å². The third-order valence-electron chi connectivity index (χ3n) is 2.88. The highest BCUT2D eigenvalue weighted by Crippen LogP contribution is 2.44. The van der Waals surface area contributed by atoms with Crippen molar-refractivity contribution in [3.63, 3.8) is 0 Å². The molecule has 2 unspecified atom stereocenters. The van der Waals surface area contributed by atoms with Crippen molar-refractivity contribution in [2.24, 2.45) is 5.73 Å². The molecule has 1 aliphatic heterocycles. The number of nitrogens with two attached hydrogens (primary N) is 1. The van der Waals surface area contributed by atoms with E-state index in [1.165, 1.54) is 22.3 Å². The van der Waals surface area contributed by atoms with Crippen LogP contribution in [0.5, 0.6) is 0 Å². The highest BCUT2D eigenvalue weighted by molar-refractivity contribution is 8.01. The minimum absolute atomic E-state index is 0.361. The van der Waals surface area contributed by atoms with Gasteiger partial charge in [0, 0.05) is 17.0 Å². The molecule has 1 nitrogen and oxygen atoms in total. The smallest absolute Gasteiger partial charge is 0.0462 e. The maximum absolute atomic E-state index is 6.01. The van der Waals surface area contributed by atoms with Crippen LogP contribution in [0.4, 0.5) is 0 Å². The largest absolute Gasteiger partial charge is 0.326 e. The second-order valence-electron chi connectivity index (χ2n) is 4.23. The number of rotatable bonds is 1. The van der Waals surface area contributed by atoms with Crippen LogP contribution in [0.2, 0.25) is 0 Å². The van der Waals surface area contributed by atoms with E-state index < -0.39 is 0 Å². The molecule has 2 atom stereocenters. The van der Waals surface area contributed by atoms with Gasteiger partial charge in [-0.25, -0.2) is 0 Å². The first-order valence-electron chi connectivity index (χ1n) is 5.04. The fourth-order valence-electron chi connectivity index (χ4n) is 2.24. The Hall–Kier alpha value is -0.470. The Balaban J connectivity index is 2.42. The van der Waals surface area contributed by atoms with Crippen LogP contribution in [0.1, 0.15) is 27.5 Å². The lowest BCUT2D eigenvalue weighted by Crippen LogP contribution is -2.38. The highest BCUT2D eigenvalue weighted by atomic mass is 32.2. The standard InChI is InChI=1S/C12H17NS/c1-7-4-8(2)11(9(3)5-7)12-10(13)6-14-12/h4-5,10,12H,6,13H2,1-3H3. The first kappa shape index (κ1) is 10.1. The van der Waals surface area contributed by atoms with Gasteiger partial charge in [0.2, 0.25) is 0 Å². The van der Waals surface area contributed by atoms with E-state index in [9.17, 15) is 0 Å². The Morgan fingerprint density at radius 3 is 2.14 bits per heavy atom. The third-order valence-corrected chi connectivity index (χ3v) is 4.40. The van der Waals surface area contributed by atoms with Gasteiger partial charge in [0.05, 0.1) is 0 Å². The molecule has 0 amide bonds. The molecule has 14 heavy (non-hydrogen) atoms. The highest BCUT2D eigenvalue weighted by Gasteiger charge is 2.31. The number of thioether (sulfide) groups is 1. The third kappa shape index (κ3) is 1.57. The Morgan fingerprint density at radius 1 is 1.21 bits per heavy atom. The minimum atomic E-state index is 0.361. The van der Waals surface area contributed by atoms with Crippen molar-refractivity contribution in [3.8, 4) is 0 Å². The van der Waals surface area contributed by atoms with Gasteiger partial charge in [-0.05, 0) is 37.5 Å². The summed E-state index contributed by atoms with van der Waals surface area (Å²) in [6, 6.07) is 4.88. The van der Waals surface area contributed by atoms with Crippen molar-refractivity contribution in [3.05, 3.63) is 34.4 Å². The van der Waals surface area contributed by atoms with E-state index in [0.29, 0.717) is 11.3 Å². The predicted molar refractivity (Wildman–Crippen MR) is 63.8 cm³/mol. The summed E-state index contributed by atoms with van der Waals surface area (Å²) in [6.07, 6.45) is 0. The van der Waals surface area contributed by atoms with Crippen molar-refractivity contribution in [2.75, 3.05) is 5.75 Å². The Kier molecular flexibility index (Phi) is 2.58. The molecule has 0 aliphatic carbocycles. The van der Waals surface area contributed by atoms with Crippen LogP contribution in [-0.4, -0.2) is 11.8 Å². The molecule has 1 heterocycles. The van der Waals surface area contributed by atoms with Crippen molar-refractivity contribution in [1.82, 2.24) is 0 Å². The number of hydrogen-bond acceptors (Lipinski definition) is 2. The van der Waals surface area contributed by atoms with Gasteiger partial charge in [-0.1, -0.05) is 17.7 Å². The van der Waals surface area contributed by atoms with Crippen molar-refractivity contribution < 1.29 is 0 Å². The molecule has 0 spiro atoms. The minimum Gasteiger partial charge on any atom is -0.326 e. The zero-order valence-corrected chi connectivity index (χ0v) is 9.82. The molecule has 2 rings (SSSR count). The summed E-state index contributed by atoms with van der Waals surface area (Å²) in [4.78, 5) is 0. The fourth-order valence-corrected chi connectivity index (χ4v) is 3.39. The Labute approximate surface area is 90.1 Å². The lowest BCUT2D eigenvalue weighted by atomic mass is 9.94. The molecule has 1 saturated heterocycles. The van der Waals surface area contributed by atoms with E-state index in [1.54, 1.807) is 0 Å². The molecule has 0 aromatic heterocycles. The fraction of sp³-hybridized carbons (Fsp3) is 0.500. The van der Waals surface area contributed by atoms with Gasteiger partial charge >= 0.3 is 0 Å². The summed E-state index contributed by atoms with van der Waals surface area (Å²) < 4.78 is 0. The molecule has 1 aromatic rings. The molecule has 76 valence electrons. The maximum atomic E-state index is 6.01. The number of benzene rings is 1. The average molecular weight is 207 g/mol. The normalized spacial score (nSPS) is 26.0. The SMILES string of the molecule is Cc1cc(C)c(C2SCC2N)c(C)c1. The van der Waals surface area contributed by atoms with Crippen LogP contribution in [0.15, 0.2) is 12.1 Å². The van der Waals surface area contributed by atoms with Crippen LogP contribution in [0.3, 0.4) is 0 Å². The summed E-state index contributed by atoms with van der Waals surface area (Å²) in [5.41, 5.74) is 11.6. The van der Waals surface area contributed by atoms with E-state index in [1.807, 2.05) is 11.8 Å². The summed E-state index contributed by atoms with van der Waals surface area (Å²) in [5.74, 6) is 1.11. The van der Waals surface area contributed by atoms with E-state index in [4.69, 9.17) is 5.73 Å². The summed E-state index contributed by atoms with van der Waals surface area (Å²) in [7, 11) is 0. The molecule has 0 saturated carbocycles. The Morgan fingerprint density at radius 2 is 1.79 bits per heavy atom. The van der Waals surface area contributed by atoms with Crippen LogP contribution in [0.25, 0.3) is 0 Å². The van der Waals surface area contributed by atoms with E-state index in [-0.39, 0.29) is 0 Å². The zero-order valence-electron chi connectivity index (χ0n) is 9.00. The van der Waals surface area contributed by atoms with Crippen LogP contribution in [-0.2, 0) is 0 Å². The molecular weight excluding hydrogens is 190 g/mol. The molecular formula is C12H17NS. The predicted octanol–water partition coefficient (Wildman–Crippen LogP) is 2.73. The van der Waals surface area contributed by atoms with Gasteiger partial charge in [-0.2, -0.15) is 11.8 Å². The molecule has 0 bridgehead atoms. The van der Waals surface area contributed by atoms with Gasteiger partial charge < -0.3 is 5.73 Å². The molecule has 1 aromatic carbocycles. The van der Waals surface area contributed by atoms with Crippen molar-refractivity contribution >= 4 is 11.8 Å². The monoisotopic (exact) mass is 207 g/mol. The lowest BCUT2D eigenvalue weighted by molar-refractivity contribution is 0.680. The number of hydrogen-bond donors (Lipinski definition) is 1. The Bertz CT molecular complexity index is 336. The van der Waals surface area contributed by atoms with Crippen LogP contribution >= 0.6 is 11.8 Å². The quantitative estimate of drug-likeness (QED) is 0.766. The van der Waals surface area contributed by atoms with Gasteiger partial charge in [0.25, 0.3) is 0 Å². The molecule has 1 fully saturated rings. The molecule has 2 heteroatoms. The van der Waals surface area contributed by atoms with Gasteiger partial charge in [-0.3, -0.25) is 0 Å². The zero-order chi connectivity index (χ0) is 10.3. The maximum Gasteiger partial charge on any atom is 0.0462 e. The topological polar surface area (TPSA) is 26.0 Å². The van der Waals surface area contributed by atoms with Crippen LogP contribution < -0.4 is 5.73 Å². The molecule has 1 aliphatic rings. The van der Waals surface area contributed by atoms with E-state index in [0.717, 1.165) is 5.75 Å². The van der Waals surface area contributed by atoms with E-state index in [2.05, 4.69) is 32.9 Å². The summed E-state index contributed by atoms with van der Waals surface area (Å²) in [6.45, 7) is 6.54. The lowest BCUT2D eigenvalue weighted by Gasteiger charge is -2.35. The number of aryl methyl sites for hydroxylation is 3. The van der Waals surface area contributed by atoms with Crippen molar-refractivity contribution in [2.45, 2.75) is 32.1 Å². The summed E-state index contributed by atoms with van der Waals surface area (Å²) in [5, 5.41) is 0.538. The first-order chi connectivity index (χ1) is 6.59. The molecule has 0 radical (unpaired) electrons. The second kappa shape index (κ2) is 3.59. The average Bonchev–Trinajstić information content (AvgIpc) is 2.08. The van der Waals surface area contributed by atoms with E-state index >= 15 is 0 Å². The molecule has 2 N–H and O–H groups in total. The first-order valence-corrected chi connectivity index (χ1v) is 6.09. The van der Waals surface area contributed by atoms with Gasteiger partial charge in [0.1, 0.15) is 0 Å². The summed E-state index contributed by atoms with van der Waals surface area (Å²) >= 11 is 1.98. The van der Waals surface area contributed by atoms with Gasteiger partial charge in [-0.15, -0.1) is 0 Å².